The van der Waals surface area contributed by atoms with Gasteiger partial charge in [0, 0.05) is 6.61 Å². The summed E-state index contributed by atoms with van der Waals surface area (Å²) in [5, 5.41) is 0. The van der Waals surface area contributed by atoms with Gasteiger partial charge in [0.05, 0.1) is 6.10 Å². The maximum absolute atomic E-state index is 5.80. The highest BCUT2D eigenvalue weighted by Crippen LogP contribution is 2.40. The standard InChI is InChI=1S/C23H34O/c1-3-5-18-6-8-19(9-7-18)20-10-12-21(13-11-20)22-14-16-23(17-15-22)24-4-2/h6-9,20,23H,3-5,10-17H2,1-2H3. The van der Waals surface area contributed by atoms with Crippen LogP contribution < -0.4 is 0 Å². The van der Waals surface area contributed by atoms with Crippen LogP contribution in [0.4, 0.5) is 0 Å². The molecule has 0 amide bonds. The average molecular weight is 327 g/mol. The Hall–Kier alpha value is -1.08. The molecule has 1 aromatic rings. The van der Waals surface area contributed by atoms with Crippen LogP contribution in [0.1, 0.15) is 88.7 Å². The van der Waals surface area contributed by atoms with Gasteiger partial charge >= 0.3 is 0 Å². The molecule has 132 valence electrons. The van der Waals surface area contributed by atoms with E-state index in [2.05, 4.69) is 38.1 Å². The molecule has 0 bridgehead atoms. The van der Waals surface area contributed by atoms with Gasteiger partial charge in [0.1, 0.15) is 0 Å². The van der Waals surface area contributed by atoms with Crippen LogP contribution in [-0.4, -0.2) is 12.7 Å². The first-order valence-corrected chi connectivity index (χ1v) is 10.2. The second kappa shape index (κ2) is 8.85. The molecule has 2 aliphatic rings. The van der Waals surface area contributed by atoms with E-state index in [9.17, 15) is 0 Å². The fraction of sp³-hybridized carbons (Fsp3) is 0.652. The minimum atomic E-state index is 0.525. The quantitative estimate of drug-likeness (QED) is 0.556. The maximum atomic E-state index is 5.80. The normalized spacial score (nSPS) is 25.1. The lowest BCUT2D eigenvalue weighted by atomic mass is 9.77. The highest BCUT2D eigenvalue weighted by atomic mass is 16.5. The van der Waals surface area contributed by atoms with Gasteiger partial charge < -0.3 is 4.74 Å². The molecule has 3 rings (SSSR count). The first-order chi connectivity index (χ1) is 11.8. The van der Waals surface area contributed by atoms with Gasteiger partial charge in [-0.05, 0) is 81.8 Å². The maximum Gasteiger partial charge on any atom is 0.0581 e. The van der Waals surface area contributed by atoms with E-state index < -0.39 is 0 Å². The first kappa shape index (κ1) is 17.7. The molecule has 0 atom stereocenters. The van der Waals surface area contributed by atoms with E-state index >= 15 is 0 Å². The molecule has 2 aliphatic carbocycles. The molecule has 0 saturated heterocycles. The summed E-state index contributed by atoms with van der Waals surface area (Å²) in [6, 6.07) is 9.48. The highest BCUT2D eigenvalue weighted by molar-refractivity contribution is 5.28. The second-order valence-corrected chi connectivity index (χ2v) is 7.63. The third-order valence-corrected chi connectivity index (χ3v) is 6.02. The van der Waals surface area contributed by atoms with Gasteiger partial charge in [0.2, 0.25) is 0 Å². The number of benzene rings is 1. The monoisotopic (exact) mass is 326 g/mol. The topological polar surface area (TPSA) is 9.23 Å². The summed E-state index contributed by atoms with van der Waals surface area (Å²) in [7, 11) is 0. The molecule has 0 aliphatic heterocycles. The summed E-state index contributed by atoms with van der Waals surface area (Å²) >= 11 is 0. The van der Waals surface area contributed by atoms with Crippen molar-refractivity contribution in [2.45, 2.75) is 90.1 Å². The summed E-state index contributed by atoms with van der Waals surface area (Å²) in [4.78, 5) is 0. The van der Waals surface area contributed by atoms with Crippen molar-refractivity contribution in [2.75, 3.05) is 6.61 Å². The molecule has 0 N–H and O–H groups in total. The molecule has 1 aromatic carbocycles. The first-order valence-electron chi connectivity index (χ1n) is 10.2. The fourth-order valence-corrected chi connectivity index (χ4v) is 4.59. The SMILES string of the molecule is CCCc1ccc(C2CCC(=C3CCC(OCC)CC3)CC2)cc1. The van der Waals surface area contributed by atoms with Crippen LogP contribution >= 0.6 is 0 Å². The Morgan fingerprint density at radius 1 is 0.833 bits per heavy atom. The Balaban J connectivity index is 1.53. The van der Waals surface area contributed by atoms with E-state index in [1.807, 2.05) is 0 Å². The van der Waals surface area contributed by atoms with Crippen molar-refractivity contribution in [3.63, 3.8) is 0 Å². The number of rotatable bonds is 5. The number of ether oxygens (including phenoxy) is 1. The molecule has 0 radical (unpaired) electrons. The van der Waals surface area contributed by atoms with Crippen molar-refractivity contribution in [1.82, 2.24) is 0 Å². The summed E-state index contributed by atoms with van der Waals surface area (Å²) in [6.07, 6.45) is 13.4. The summed E-state index contributed by atoms with van der Waals surface area (Å²) in [5.74, 6) is 0.782. The highest BCUT2D eigenvalue weighted by Gasteiger charge is 2.23. The van der Waals surface area contributed by atoms with Crippen LogP contribution in [0.3, 0.4) is 0 Å². The van der Waals surface area contributed by atoms with Crippen LogP contribution in [0.5, 0.6) is 0 Å². The van der Waals surface area contributed by atoms with E-state index in [1.54, 1.807) is 16.7 Å². The number of hydrogen-bond donors (Lipinski definition) is 0. The number of hydrogen-bond acceptors (Lipinski definition) is 1. The Labute approximate surface area is 148 Å². The molecule has 0 spiro atoms. The predicted octanol–water partition coefficient (Wildman–Crippen LogP) is 6.57. The molecule has 24 heavy (non-hydrogen) atoms. The van der Waals surface area contributed by atoms with Crippen molar-refractivity contribution in [3.8, 4) is 0 Å². The van der Waals surface area contributed by atoms with Crippen LogP contribution in [0.2, 0.25) is 0 Å². The summed E-state index contributed by atoms with van der Waals surface area (Å²) in [5.41, 5.74) is 6.64. The van der Waals surface area contributed by atoms with Crippen LogP contribution in [-0.2, 0) is 11.2 Å². The third-order valence-electron chi connectivity index (χ3n) is 6.02. The van der Waals surface area contributed by atoms with Gasteiger partial charge in [0.25, 0.3) is 0 Å². The molecular weight excluding hydrogens is 292 g/mol. The van der Waals surface area contributed by atoms with E-state index in [0.717, 1.165) is 12.5 Å². The Morgan fingerprint density at radius 3 is 1.96 bits per heavy atom. The zero-order valence-corrected chi connectivity index (χ0v) is 15.7. The molecule has 0 aromatic heterocycles. The van der Waals surface area contributed by atoms with E-state index in [-0.39, 0.29) is 0 Å². The van der Waals surface area contributed by atoms with Crippen molar-refractivity contribution in [1.29, 1.82) is 0 Å². The minimum Gasteiger partial charge on any atom is -0.378 e. The van der Waals surface area contributed by atoms with Crippen molar-refractivity contribution in [2.24, 2.45) is 0 Å². The van der Waals surface area contributed by atoms with Crippen LogP contribution in [0, 0.1) is 0 Å². The summed E-state index contributed by atoms with van der Waals surface area (Å²) in [6.45, 7) is 5.24. The van der Waals surface area contributed by atoms with E-state index in [4.69, 9.17) is 4.74 Å². The van der Waals surface area contributed by atoms with E-state index in [1.165, 1.54) is 69.8 Å². The molecule has 2 fully saturated rings. The Bertz CT molecular complexity index is 520. The lowest BCUT2D eigenvalue weighted by Crippen LogP contribution is -2.19. The zero-order chi connectivity index (χ0) is 16.8. The van der Waals surface area contributed by atoms with Gasteiger partial charge in [-0.2, -0.15) is 0 Å². The van der Waals surface area contributed by atoms with E-state index in [0.29, 0.717) is 6.10 Å². The van der Waals surface area contributed by atoms with Gasteiger partial charge in [0.15, 0.2) is 0 Å². The van der Waals surface area contributed by atoms with Gasteiger partial charge in [-0.25, -0.2) is 0 Å². The smallest absolute Gasteiger partial charge is 0.0581 e. The molecule has 0 unspecified atom stereocenters. The lowest BCUT2D eigenvalue weighted by Gasteiger charge is -2.30. The number of allylic oxidation sites excluding steroid dienone is 2. The average Bonchev–Trinajstić information content (AvgIpc) is 2.64. The van der Waals surface area contributed by atoms with Crippen molar-refractivity contribution in [3.05, 3.63) is 46.5 Å². The molecule has 2 saturated carbocycles. The molecule has 0 heterocycles. The molecule has 1 nitrogen and oxygen atoms in total. The summed E-state index contributed by atoms with van der Waals surface area (Å²) < 4.78 is 5.80. The Kier molecular flexibility index (Phi) is 6.54. The van der Waals surface area contributed by atoms with Crippen LogP contribution in [0.25, 0.3) is 0 Å². The number of aryl methyl sites for hydroxylation is 1. The molecule has 1 heteroatoms. The lowest BCUT2D eigenvalue weighted by molar-refractivity contribution is 0.0440. The Morgan fingerprint density at radius 2 is 1.42 bits per heavy atom. The van der Waals surface area contributed by atoms with Gasteiger partial charge in [-0.15, -0.1) is 0 Å². The molecular formula is C23H34O. The van der Waals surface area contributed by atoms with Gasteiger partial charge in [-0.3, -0.25) is 0 Å². The van der Waals surface area contributed by atoms with Crippen LogP contribution in [0.15, 0.2) is 35.4 Å². The fourth-order valence-electron chi connectivity index (χ4n) is 4.59. The van der Waals surface area contributed by atoms with Crippen molar-refractivity contribution < 1.29 is 4.74 Å². The second-order valence-electron chi connectivity index (χ2n) is 7.63. The van der Waals surface area contributed by atoms with Gasteiger partial charge in [-0.1, -0.05) is 48.8 Å². The minimum absolute atomic E-state index is 0.525. The third kappa shape index (κ3) is 4.51. The zero-order valence-electron chi connectivity index (χ0n) is 15.7. The predicted molar refractivity (Wildman–Crippen MR) is 103 cm³/mol. The largest absolute Gasteiger partial charge is 0.378 e. The van der Waals surface area contributed by atoms with Crippen molar-refractivity contribution >= 4 is 0 Å².